The molecule has 1 N–H and O–H groups in total. The quantitative estimate of drug-likeness (QED) is 0.786. The first kappa shape index (κ1) is 15.2. The van der Waals surface area contributed by atoms with Gasteiger partial charge in [-0.15, -0.1) is 0 Å². The molecule has 0 aliphatic carbocycles. The van der Waals surface area contributed by atoms with Gasteiger partial charge in [-0.1, -0.05) is 17.7 Å². The molecule has 1 aromatic rings. The zero-order valence-electron chi connectivity index (χ0n) is 10.9. The smallest absolute Gasteiger partial charge is 0.0682 e. The van der Waals surface area contributed by atoms with Crippen LogP contribution in [0.1, 0.15) is 5.56 Å². The first-order valence-electron chi connectivity index (χ1n) is 5.85. The maximum Gasteiger partial charge on any atom is 0.0682 e. The van der Waals surface area contributed by atoms with Gasteiger partial charge in [-0.3, -0.25) is 0 Å². The summed E-state index contributed by atoms with van der Waals surface area (Å²) in [4.78, 5) is 2.11. The maximum absolute atomic E-state index is 9.06. The molecule has 0 atom stereocenters. The highest BCUT2D eigenvalue weighted by atomic mass is 35.5. The zero-order valence-corrected chi connectivity index (χ0v) is 11.6. The van der Waals surface area contributed by atoms with E-state index in [-0.39, 0.29) is 6.61 Å². The minimum atomic E-state index is -0.00383. The number of hydrogen-bond acceptors (Lipinski definition) is 4. The predicted molar refractivity (Wildman–Crippen MR) is 73.3 cm³/mol. The van der Waals surface area contributed by atoms with Crippen LogP contribution in [0.2, 0.25) is 5.02 Å². The van der Waals surface area contributed by atoms with E-state index in [2.05, 4.69) is 4.90 Å². The minimum absolute atomic E-state index is 0.00383. The van der Waals surface area contributed by atoms with E-state index in [1.54, 1.807) is 20.3 Å². The summed E-state index contributed by atoms with van der Waals surface area (Å²) >= 11 is 6.23. The molecule has 18 heavy (non-hydrogen) atoms. The Kier molecular flexibility index (Phi) is 7.05. The van der Waals surface area contributed by atoms with Crippen molar-refractivity contribution < 1.29 is 14.6 Å². The minimum Gasteiger partial charge on any atom is -0.392 e. The second kappa shape index (κ2) is 8.32. The summed E-state index contributed by atoms with van der Waals surface area (Å²) < 4.78 is 10.2. The van der Waals surface area contributed by atoms with Crippen LogP contribution >= 0.6 is 11.6 Å². The van der Waals surface area contributed by atoms with Crippen LogP contribution in [0, 0.1) is 0 Å². The van der Waals surface area contributed by atoms with E-state index in [0.29, 0.717) is 18.2 Å². The molecule has 1 aromatic carbocycles. The molecule has 0 heterocycles. The Bertz CT molecular complexity index is 352. The van der Waals surface area contributed by atoms with Crippen molar-refractivity contribution in [3.63, 3.8) is 0 Å². The first-order chi connectivity index (χ1) is 8.72. The molecule has 102 valence electrons. The summed E-state index contributed by atoms with van der Waals surface area (Å²) in [6, 6.07) is 5.57. The Hall–Kier alpha value is -0.810. The van der Waals surface area contributed by atoms with Crippen molar-refractivity contribution in [2.24, 2.45) is 0 Å². The van der Waals surface area contributed by atoms with Gasteiger partial charge in [0.15, 0.2) is 0 Å². The second-order valence-electron chi connectivity index (χ2n) is 3.92. The number of nitrogens with zero attached hydrogens (tertiary/aromatic N) is 1. The molecule has 0 saturated carbocycles. The molecule has 4 nitrogen and oxygen atoms in total. The number of benzene rings is 1. The third kappa shape index (κ3) is 4.46. The fourth-order valence-corrected chi connectivity index (χ4v) is 1.98. The number of rotatable bonds is 8. The van der Waals surface area contributed by atoms with Gasteiger partial charge in [0.2, 0.25) is 0 Å². The van der Waals surface area contributed by atoms with Crippen molar-refractivity contribution in [2.45, 2.75) is 6.61 Å². The monoisotopic (exact) mass is 273 g/mol. The lowest BCUT2D eigenvalue weighted by molar-refractivity contribution is 0.190. The lowest BCUT2D eigenvalue weighted by atomic mass is 10.2. The summed E-state index contributed by atoms with van der Waals surface area (Å²) in [6.07, 6.45) is 0. The average molecular weight is 274 g/mol. The van der Waals surface area contributed by atoms with E-state index in [4.69, 9.17) is 26.2 Å². The molecule has 0 radical (unpaired) electrons. The summed E-state index contributed by atoms with van der Waals surface area (Å²) in [7, 11) is 3.34. The molecule has 1 rings (SSSR count). The number of anilines is 1. The van der Waals surface area contributed by atoms with Crippen molar-refractivity contribution in [1.29, 1.82) is 0 Å². The Balaban J connectivity index is 2.82. The lowest BCUT2D eigenvalue weighted by Gasteiger charge is -2.25. The molecular formula is C13H20ClNO3. The number of aliphatic hydroxyl groups excluding tert-OH is 1. The molecule has 0 fully saturated rings. The molecular weight excluding hydrogens is 254 g/mol. The molecule has 0 amide bonds. The van der Waals surface area contributed by atoms with Crippen molar-refractivity contribution in [2.75, 3.05) is 45.4 Å². The van der Waals surface area contributed by atoms with Gasteiger partial charge in [-0.25, -0.2) is 0 Å². The summed E-state index contributed by atoms with van der Waals surface area (Å²) in [5.74, 6) is 0. The number of aliphatic hydroxyl groups is 1. The second-order valence-corrected chi connectivity index (χ2v) is 4.32. The average Bonchev–Trinajstić information content (AvgIpc) is 2.39. The normalized spacial score (nSPS) is 10.7. The van der Waals surface area contributed by atoms with Crippen LogP contribution in [0.5, 0.6) is 0 Å². The van der Waals surface area contributed by atoms with Crippen LogP contribution in [0.4, 0.5) is 5.69 Å². The molecule has 0 saturated heterocycles. The Morgan fingerprint density at radius 2 is 1.78 bits per heavy atom. The van der Waals surface area contributed by atoms with E-state index >= 15 is 0 Å². The van der Waals surface area contributed by atoms with E-state index in [1.165, 1.54) is 0 Å². The molecule has 0 aromatic heterocycles. The van der Waals surface area contributed by atoms with Gasteiger partial charge in [-0.2, -0.15) is 0 Å². The van der Waals surface area contributed by atoms with Gasteiger partial charge >= 0.3 is 0 Å². The van der Waals surface area contributed by atoms with Gasteiger partial charge < -0.3 is 19.5 Å². The predicted octanol–water partition coefficient (Wildman–Crippen LogP) is 1.93. The van der Waals surface area contributed by atoms with Crippen molar-refractivity contribution in [1.82, 2.24) is 0 Å². The van der Waals surface area contributed by atoms with Crippen LogP contribution in [0.25, 0.3) is 0 Å². The van der Waals surface area contributed by atoms with Gasteiger partial charge in [0.05, 0.1) is 30.5 Å². The lowest BCUT2D eigenvalue weighted by Crippen LogP contribution is -2.30. The number of methoxy groups -OCH3 is 2. The van der Waals surface area contributed by atoms with Crippen LogP contribution in [0.15, 0.2) is 18.2 Å². The molecule has 0 aliphatic heterocycles. The Morgan fingerprint density at radius 1 is 1.17 bits per heavy atom. The Morgan fingerprint density at radius 3 is 2.22 bits per heavy atom. The number of hydrogen-bond donors (Lipinski definition) is 1. The highest BCUT2D eigenvalue weighted by Crippen LogP contribution is 2.26. The molecule has 0 aliphatic rings. The summed E-state index contributed by atoms with van der Waals surface area (Å²) in [5, 5.41) is 9.70. The standard InChI is InChI=1S/C13H20ClNO3/c1-17-7-5-15(6-8-18-2)13-4-3-11(10-16)9-12(13)14/h3-4,9,16H,5-8,10H2,1-2H3. The van der Waals surface area contributed by atoms with E-state index in [1.807, 2.05) is 12.1 Å². The van der Waals surface area contributed by atoms with Gasteiger partial charge in [0, 0.05) is 27.3 Å². The fraction of sp³-hybridized carbons (Fsp3) is 0.538. The van der Waals surface area contributed by atoms with Crippen LogP contribution in [0.3, 0.4) is 0 Å². The SMILES string of the molecule is COCCN(CCOC)c1ccc(CO)cc1Cl. The summed E-state index contributed by atoms with van der Waals surface area (Å²) in [5.41, 5.74) is 1.74. The van der Waals surface area contributed by atoms with Crippen molar-refractivity contribution >= 4 is 17.3 Å². The van der Waals surface area contributed by atoms with E-state index in [0.717, 1.165) is 24.3 Å². The highest BCUT2D eigenvalue weighted by molar-refractivity contribution is 6.33. The Labute approximate surface area is 113 Å². The third-order valence-electron chi connectivity index (χ3n) is 2.67. The fourth-order valence-electron chi connectivity index (χ4n) is 1.66. The van der Waals surface area contributed by atoms with Crippen molar-refractivity contribution in [3.05, 3.63) is 28.8 Å². The number of ether oxygens (including phenoxy) is 2. The number of halogens is 1. The van der Waals surface area contributed by atoms with Crippen LogP contribution in [-0.2, 0) is 16.1 Å². The first-order valence-corrected chi connectivity index (χ1v) is 6.22. The van der Waals surface area contributed by atoms with E-state index < -0.39 is 0 Å². The molecule has 0 bridgehead atoms. The van der Waals surface area contributed by atoms with Gasteiger partial charge in [0.25, 0.3) is 0 Å². The molecule has 0 spiro atoms. The molecule has 0 unspecified atom stereocenters. The topological polar surface area (TPSA) is 41.9 Å². The zero-order chi connectivity index (χ0) is 13.4. The van der Waals surface area contributed by atoms with Crippen LogP contribution < -0.4 is 4.90 Å². The van der Waals surface area contributed by atoms with Gasteiger partial charge in [-0.05, 0) is 17.7 Å². The van der Waals surface area contributed by atoms with Crippen LogP contribution in [-0.4, -0.2) is 45.6 Å². The van der Waals surface area contributed by atoms with E-state index in [9.17, 15) is 0 Å². The van der Waals surface area contributed by atoms with Crippen molar-refractivity contribution in [3.8, 4) is 0 Å². The molecule has 5 heteroatoms. The maximum atomic E-state index is 9.06. The third-order valence-corrected chi connectivity index (χ3v) is 2.97. The summed E-state index contributed by atoms with van der Waals surface area (Å²) in [6.45, 7) is 2.75. The highest BCUT2D eigenvalue weighted by Gasteiger charge is 2.10. The largest absolute Gasteiger partial charge is 0.392 e. The van der Waals surface area contributed by atoms with Gasteiger partial charge in [0.1, 0.15) is 0 Å².